The van der Waals surface area contributed by atoms with Gasteiger partial charge in [0.25, 0.3) is 5.91 Å². The predicted octanol–water partition coefficient (Wildman–Crippen LogP) is 2.33. The number of hydrogen-bond donors (Lipinski definition) is 1. The molecule has 0 bridgehead atoms. The molecule has 2 aromatic rings. The van der Waals surface area contributed by atoms with Gasteiger partial charge in [-0.3, -0.25) is 4.79 Å². The molecule has 1 aliphatic carbocycles. The minimum atomic E-state index is -1.12. The zero-order valence-electron chi connectivity index (χ0n) is 22.1. The number of ether oxygens (including phenoxy) is 1. The van der Waals surface area contributed by atoms with Crippen LogP contribution in [0.2, 0.25) is 0 Å². The van der Waals surface area contributed by atoms with Gasteiger partial charge in [0.2, 0.25) is 5.88 Å². The Labute approximate surface area is 226 Å². The second-order valence-corrected chi connectivity index (χ2v) is 11.6. The molecule has 1 unspecified atom stereocenters. The zero-order valence-corrected chi connectivity index (χ0v) is 22.9. The quantitative estimate of drug-likeness (QED) is 0.303. The maximum absolute atomic E-state index is 12.2. The second kappa shape index (κ2) is 10.5. The molecule has 1 aromatic carbocycles. The van der Waals surface area contributed by atoms with Crippen molar-refractivity contribution in [3.8, 4) is 5.88 Å². The van der Waals surface area contributed by atoms with Crippen LogP contribution in [0.5, 0.6) is 5.88 Å². The van der Waals surface area contributed by atoms with Crippen LogP contribution in [0.4, 0.5) is 0 Å². The van der Waals surface area contributed by atoms with Crippen molar-refractivity contribution in [2.75, 3.05) is 6.61 Å². The maximum atomic E-state index is 12.2. The van der Waals surface area contributed by atoms with Crippen LogP contribution in [0, 0.1) is 0 Å². The highest BCUT2D eigenvalue weighted by Crippen LogP contribution is 2.36. The highest BCUT2D eigenvalue weighted by Gasteiger charge is 2.51. The lowest BCUT2D eigenvalue weighted by molar-refractivity contribution is -0.221. The van der Waals surface area contributed by atoms with Gasteiger partial charge < -0.3 is 24.0 Å². The van der Waals surface area contributed by atoms with E-state index in [1.165, 1.54) is 11.8 Å². The number of carbonyl (C=O) groups is 2. The van der Waals surface area contributed by atoms with Crippen molar-refractivity contribution in [2.24, 2.45) is 0 Å². The summed E-state index contributed by atoms with van der Waals surface area (Å²) in [6, 6.07) is 8.12. The lowest BCUT2D eigenvalue weighted by atomic mass is 9.79. The Balaban J connectivity index is 1.20. The first-order chi connectivity index (χ1) is 18.0. The number of hydroxylamine groups is 2. The summed E-state index contributed by atoms with van der Waals surface area (Å²) < 4.78 is 18.0. The van der Waals surface area contributed by atoms with Gasteiger partial charge in [0.15, 0.2) is 18.0 Å². The number of aliphatic hydroxyl groups is 1. The molecule has 0 saturated carbocycles. The van der Waals surface area contributed by atoms with Gasteiger partial charge in [0.1, 0.15) is 0 Å². The lowest BCUT2D eigenvalue weighted by Gasteiger charge is -2.32. The summed E-state index contributed by atoms with van der Waals surface area (Å²) in [5.74, 6) is -0.201. The van der Waals surface area contributed by atoms with Crippen LogP contribution in [0.3, 0.4) is 0 Å². The zero-order chi connectivity index (χ0) is 27.1. The number of fused-ring (bicyclic) bond motifs is 1. The van der Waals surface area contributed by atoms with E-state index in [9.17, 15) is 14.7 Å². The fraction of sp³-hybridized carbons (Fsp3) is 0.538. The van der Waals surface area contributed by atoms with E-state index in [0.717, 1.165) is 41.5 Å². The van der Waals surface area contributed by atoms with Gasteiger partial charge in [0, 0.05) is 24.2 Å². The standard InChI is InChI=1S/C26H32BN3O7S/c1-25(2)26(3,4)37-27(36-25)17-10-8-16(9-11-17)15-38-24-28-19-7-5-6-18(19)23(29-24)34-14-22(33)35-30-20(31)12-13-21(30)32/h8-11,20,31H,5-7,12-15H2,1-4H3. The smallest absolute Gasteiger partial charge is 0.465 e. The second-order valence-electron chi connectivity index (χ2n) is 10.7. The third-order valence-electron chi connectivity index (χ3n) is 7.41. The molecule has 2 aliphatic heterocycles. The number of thioether (sulfide) groups is 1. The summed E-state index contributed by atoms with van der Waals surface area (Å²) >= 11 is 1.49. The van der Waals surface area contributed by atoms with Gasteiger partial charge in [-0.15, -0.1) is 5.06 Å². The molecule has 2 fully saturated rings. The number of amides is 1. The number of nitrogens with zero attached hydrogens (tertiary/aromatic N) is 3. The maximum Gasteiger partial charge on any atom is 0.494 e. The molecule has 5 rings (SSSR count). The van der Waals surface area contributed by atoms with E-state index in [0.29, 0.717) is 21.9 Å². The number of aryl methyl sites for hydroxylation is 1. The van der Waals surface area contributed by atoms with E-state index >= 15 is 0 Å². The van der Waals surface area contributed by atoms with Crippen LogP contribution in [-0.2, 0) is 42.3 Å². The third-order valence-corrected chi connectivity index (χ3v) is 8.33. The van der Waals surface area contributed by atoms with Crippen molar-refractivity contribution < 1.29 is 33.6 Å². The monoisotopic (exact) mass is 541 g/mol. The number of aliphatic hydroxyl groups excluding tert-OH is 1. The fourth-order valence-corrected chi connectivity index (χ4v) is 5.29. The van der Waals surface area contributed by atoms with Crippen LogP contribution in [0.25, 0.3) is 0 Å². The van der Waals surface area contributed by atoms with Crippen LogP contribution >= 0.6 is 11.8 Å². The van der Waals surface area contributed by atoms with E-state index < -0.39 is 31.8 Å². The normalized spacial score (nSPS) is 21.6. The molecular weight excluding hydrogens is 509 g/mol. The Bertz CT molecular complexity index is 1210. The molecule has 202 valence electrons. The van der Waals surface area contributed by atoms with E-state index in [-0.39, 0.29) is 24.0 Å². The van der Waals surface area contributed by atoms with Crippen LogP contribution in [0.1, 0.15) is 63.8 Å². The molecule has 3 aliphatic rings. The van der Waals surface area contributed by atoms with Gasteiger partial charge >= 0.3 is 13.1 Å². The van der Waals surface area contributed by atoms with Crippen molar-refractivity contribution in [2.45, 2.75) is 88.1 Å². The lowest BCUT2D eigenvalue weighted by Crippen LogP contribution is -2.41. The number of rotatable bonds is 8. The Morgan fingerprint density at radius 1 is 1.13 bits per heavy atom. The average molecular weight is 541 g/mol. The first-order valence-corrected chi connectivity index (χ1v) is 13.8. The van der Waals surface area contributed by atoms with Gasteiger partial charge in [-0.1, -0.05) is 36.0 Å². The SMILES string of the molecule is CC1(C)OB(c2ccc(CSc3nc4c(c(OCC(=O)ON5C(=O)CCC5O)n3)CCC4)cc2)OC1(C)C. The Hall–Kier alpha value is -2.67. The van der Waals surface area contributed by atoms with E-state index in [2.05, 4.69) is 4.98 Å². The molecule has 3 heterocycles. The summed E-state index contributed by atoms with van der Waals surface area (Å²) in [6.07, 6.45) is 1.78. The number of benzene rings is 1. The van der Waals surface area contributed by atoms with Crippen LogP contribution in [-0.4, -0.2) is 63.2 Å². The third kappa shape index (κ3) is 5.54. The summed E-state index contributed by atoms with van der Waals surface area (Å²) in [7, 11) is -0.403. The van der Waals surface area contributed by atoms with Gasteiger partial charge in [-0.2, -0.15) is 4.98 Å². The number of carbonyl (C=O) groups excluding carboxylic acids is 2. The molecule has 38 heavy (non-hydrogen) atoms. The van der Waals surface area contributed by atoms with E-state index in [4.69, 9.17) is 23.9 Å². The summed E-state index contributed by atoms with van der Waals surface area (Å²) in [4.78, 5) is 38.2. The summed E-state index contributed by atoms with van der Waals surface area (Å²) in [6.45, 7) is 7.72. The molecule has 2 saturated heterocycles. The average Bonchev–Trinajstić information content (AvgIpc) is 3.53. The largest absolute Gasteiger partial charge is 0.494 e. The van der Waals surface area contributed by atoms with Crippen LogP contribution < -0.4 is 10.2 Å². The highest BCUT2D eigenvalue weighted by molar-refractivity contribution is 7.98. The minimum Gasteiger partial charge on any atom is -0.465 e. The Morgan fingerprint density at radius 3 is 2.50 bits per heavy atom. The summed E-state index contributed by atoms with van der Waals surface area (Å²) in [5.41, 5.74) is 3.11. The molecular formula is C26H32BN3O7S. The topological polar surface area (TPSA) is 120 Å². The molecule has 1 aromatic heterocycles. The van der Waals surface area contributed by atoms with Crippen molar-refractivity contribution in [3.63, 3.8) is 0 Å². The van der Waals surface area contributed by atoms with Gasteiger partial charge in [-0.25, -0.2) is 9.78 Å². The molecule has 1 atom stereocenters. The van der Waals surface area contributed by atoms with E-state index in [1.54, 1.807) is 0 Å². The van der Waals surface area contributed by atoms with Gasteiger partial charge in [-0.05, 0) is 58.0 Å². The number of aromatic nitrogens is 2. The molecule has 1 N–H and O–H groups in total. The van der Waals surface area contributed by atoms with Crippen molar-refractivity contribution in [1.29, 1.82) is 0 Å². The predicted molar refractivity (Wildman–Crippen MR) is 139 cm³/mol. The first-order valence-electron chi connectivity index (χ1n) is 12.8. The number of hydrogen-bond acceptors (Lipinski definition) is 10. The highest BCUT2D eigenvalue weighted by atomic mass is 32.2. The Morgan fingerprint density at radius 2 is 1.84 bits per heavy atom. The molecule has 1 amide bonds. The first kappa shape index (κ1) is 26.9. The molecule has 0 spiro atoms. The van der Waals surface area contributed by atoms with Crippen LogP contribution in [0.15, 0.2) is 29.4 Å². The van der Waals surface area contributed by atoms with Crippen molar-refractivity contribution in [3.05, 3.63) is 41.1 Å². The van der Waals surface area contributed by atoms with Gasteiger partial charge in [0.05, 0.1) is 16.9 Å². The summed E-state index contributed by atoms with van der Waals surface area (Å²) in [5, 5.41) is 11.0. The molecule has 0 radical (unpaired) electrons. The molecule has 12 heteroatoms. The minimum absolute atomic E-state index is 0.135. The Kier molecular flexibility index (Phi) is 7.43. The molecule has 10 nitrogen and oxygen atoms in total. The van der Waals surface area contributed by atoms with Crippen molar-refractivity contribution in [1.82, 2.24) is 15.0 Å². The van der Waals surface area contributed by atoms with E-state index in [1.807, 2.05) is 52.0 Å². The fourth-order valence-electron chi connectivity index (χ4n) is 4.48. The van der Waals surface area contributed by atoms with Crippen molar-refractivity contribution >= 4 is 36.2 Å².